The van der Waals surface area contributed by atoms with E-state index in [0.29, 0.717) is 17.2 Å². The van der Waals surface area contributed by atoms with Gasteiger partial charge in [-0.2, -0.15) is 0 Å². The molecule has 0 aromatic heterocycles. The number of fused-ring (bicyclic) bond motifs is 1. The van der Waals surface area contributed by atoms with E-state index in [2.05, 4.69) is 30.5 Å². The Morgan fingerprint density at radius 1 is 0.767 bits per heavy atom. The van der Waals surface area contributed by atoms with Gasteiger partial charge in [0.25, 0.3) is 0 Å². The van der Waals surface area contributed by atoms with Crippen LogP contribution in [0.5, 0.6) is 23.0 Å². The van der Waals surface area contributed by atoms with E-state index in [9.17, 15) is 0 Å². The summed E-state index contributed by atoms with van der Waals surface area (Å²) in [5, 5.41) is 2.28. The van der Waals surface area contributed by atoms with Crippen LogP contribution in [0.2, 0.25) is 0 Å². The maximum Gasteiger partial charge on any atom is 0.203 e. The fourth-order valence-corrected chi connectivity index (χ4v) is 3.67. The molecule has 5 heteroatoms. The molecule has 0 atom stereocenters. The highest BCUT2D eigenvalue weighted by Gasteiger charge is 2.17. The van der Waals surface area contributed by atoms with Crippen molar-refractivity contribution in [2.24, 2.45) is 0 Å². The summed E-state index contributed by atoms with van der Waals surface area (Å²) in [7, 11) is 10.6. The van der Waals surface area contributed by atoms with Gasteiger partial charge in [0.2, 0.25) is 5.75 Å². The average Bonchev–Trinajstić information content (AvgIpc) is 2.77. The van der Waals surface area contributed by atoms with Crippen molar-refractivity contribution in [3.63, 3.8) is 0 Å². The monoisotopic (exact) mass is 407 g/mol. The van der Waals surface area contributed by atoms with Gasteiger partial charge < -0.3 is 23.8 Å². The van der Waals surface area contributed by atoms with Crippen LogP contribution in [0.1, 0.15) is 11.1 Å². The van der Waals surface area contributed by atoms with Crippen LogP contribution in [-0.2, 0) is 6.42 Å². The second-order valence-corrected chi connectivity index (χ2v) is 7.18. The Balaban J connectivity index is 2.13. The van der Waals surface area contributed by atoms with E-state index in [4.69, 9.17) is 18.9 Å². The zero-order valence-electron chi connectivity index (χ0n) is 18.5. The number of nitrogens with zero attached hydrogens (tertiary/aromatic N) is 1. The Hall–Kier alpha value is -3.34. The third kappa shape index (κ3) is 4.30. The van der Waals surface area contributed by atoms with Crippen molar-refractivity contribution in [3.05, 3.63) is 65.9 Å². The maximum atomic E-state index is 5.56. The molecule has 0 N–H and O–H groups in total. The summed E-state index contributed by atoms with van der Waals surface area (Å²) in [5.41, 5.74) is 3.36. The summed E-state index contributed by atoms with van der Waals surface area (Å²) < 4.78 is 22.2. The predicted molar refractivity (Wildman–Crippen MR) is 122 cm³/mol. The van der Waals surface area contributed by atoms with E-state index in [1.807, 2.05) is 43.3 Å². The van der Waals surface area contributed by atoms with Crippen LogP contribution >= 0.6 is 0 Å². The highest BCUT2D eigenvalue weighted by molar-refractivity contribution is 5.92. The molecule has 0 radical (unpaired) electrons. The van der Waals surface area contributed by atoms with E-state index in [-0.39, 0.29) is 0 Å². The normalized spacial score (nSPS) is 11.3. The van der Waals surface area contributed by atoms with Gasteiger partial charge in [-0.05, 0) is 40.3 Å². The summed E-state index contributed by atoms with van der Waals surface area (Å²) in [5.74, 6) is 2.73. The molecule has 0 saturated heterocycles. The SMILES string of the molecule is COc1cc(/C(=C/N(C)C)Cc2ccc(OC)c3ccccc23)cc(OC)c1OC. The van der Waals surface area contributed by atoms with Crippen molar-refractivity contribution >= 4 is 16.3 Å². The van der Waals surface area contributed by atoms with Crippen LogP contribution in [0.4, 0.5) is 0 Å². The highest BCUT2D eigenvalue weighted by atomic mass is 16.5. The molecular weight excluding hydrogens is 378 g/mol. The number of ether oxygens (including phenoxy) is 4. The first-order chi connectivity index (χ1) is 14.5. The zero-order valence-corrected chi connectivity index (χ0v) is 18.5. The average molecular weight is 408 g/mol. The van der Waals surface area contributed by atoms with Gasteiger partial charge >= 0.3 is 0 Å². The van der Waals surface area contributed by atoms with Gasteiger partial charge in [-0.1, -0.05) is 30.3 Å². The van der Waals surface area contributed by atoms with Crippen LogP contribution in [0, 0.1) is 0 Å². The van der Waals surface area contributed by atoms with Crippen LogP contribution in [0.15, 0.2) is 54.7 Å². The molecule has 5 nitrogen and oxygen atoms in total. The summed E-state index contributed by atoms with van der Waals surface area (Å²) in [6.07, 6.45) is 2.86. The minimum Gasteiger partial charge on any atom is -0.496 e. The first-order valence-electron chi connectivity index (χ1n) is 9.74. The third-order valence-electron chi connectivity index (χ3n) is 5.02. The molecule has 0 saturated carbocycles. The molecule has 3 rings (SSSR count). The molecule has 0 bridgehead atoms. The molecule has 0 unspecified atom stereocenters. The van der Waals surface area contributed by atoms with Crippen LogP contribution < -0.4 is 18.9 Å². The number of hydrogen-bond acceptors (Lipinski definition) is 5. The standard InChI is InChI=1S/C25H29NO4/c1-26(2)16-19(18-14-23(28-4)25(30-6)24(15-18)29-5)13-17-11-12-22(27-3)21-10-8-7-9-20(17)21/h7-12,14-16H,13H2,1-6H3/b19-16+. The van der Waals surface area contributed by atoms with Gasteiger partial charge in [-0.15, -0.1) is 0 Å². The van der Waals surface area contributed by atoms with E-state index >= 15 is 0 Å². The second kappa shape index (κ2) is 9.44. The fraction of sp³-hybridized carbons (Fsp3) is 0.280. The van der Waals surface area contributed by atoms with Crippen molar-refractivity contribution in [1.29, 1.82) is 0 Å². The van der Waals surface area contributed by atoms with Crippen molar-refractivity contribution in [2.45, 2.75) is 6.42 Å². The van der Waals surface area contributed by atoms with E-state index in [1.54, 1.807) is 28.4 Å². The van der Waals surface area contributed by atoms with E-state index < -0.39 is 0 Å². The lowest BCUT2D eigenvalue weighted by molar-refractivity contribution is 0.324. The number of methoxy groups -OCH3 is 4. The van der Waals surface area contributed by atoms with Crippen LogP contribution in [0.3, 0.4) is 0 Å². The molecule has 0 amide bonds. The second-order valence-electron chi connectivity index (χ2n) is 7.18. The zero-order chi connectivity index (χ0) is 21.7. The quantitative estimate of drug-likeness (QED) is 0.524. The lowest BCUT2D eigenvalue weighted by Gasteiger charge is -2.18. The summed E-state index contributed by atoms with van der Waals surface area (Å²) in [4.78, 5) is 2.05. The molecule has 0 aliphatic heterocycles. The summed E-state index contributed by atoms with van der Waals surface area (Å²) in [6, 6.07) is 16.4. The molecule has 0 heterocycles. The van der Waals surface area contributed by atoms with Gasteiger partial charge in [-0.25, -0.2) is 0 Å². The minimum absolute atomic E-state index is 0.586. The van der Waals surface area contributed by atoms with Gasteiger partial charge in [0, 0.05) is 32.1 Å². The number of rotatable bonds is 8. The van der Waals surface area contributed by atoms with Crippen LogP contribution in [0.25, 0.3) is 16.3 Å². The Labute approximate surface area is 178 Å². The number of allylic oxidation sites excluding steroid dienone is 1. The number of hydrogen-bond donors (Lipinski definition) is 0. The first kappa shape index (κ1) is 21.4. The molecule has 158 valence electrons. The van der Waals surface area contributed by atoms with Gasteiger partial charge in [0.05, 0.1) is 28.4 Å². The Bertz CT molecular complexity index is 1030. The Kier molecular flexibility index (Phi) is 6.72. The summed E-state index contributed by atoms with van der Waals surface area (Å²) >= 11 is 0. The molecule has 3 aromatic rings. The maximum absolute atomic E-state index is 5.56. The molecule has 0 fully saturated rings. The van der Waals surface area contributed by atoms with Gasteiger partial charge in [0.1, 0.15) is 5.75 Å². The Morgan fingerprint density at radius 3 is 1.90 bits per heavy atom. The van der Waals surface area contributed by atoms with Crippen molar-refractivity contribution in [1.82, 2.24) is 4.90 Å². The first-order valence-corrected chi connectivity index (χ1v) is 9.74. The van der Waals surface area contributed by atoms with Crippen molar-refractivity contribution in [3.8, 4) is 23.0 Å². The largest absolute Gasteiger partial charge is 0.496 e. The molecule has 30 heavy (non-hydrogen) atoms. The van der Waals surface area contributed by atoms with E-state index in [0.717, 1.165) is 28.7 Å². The van der Waals surface area contributed by atoms with Crippen LogP contribution in [-0.4, -0.2) is 47.4 Å². The minimum atomic E-state index is 0.586. The summed E-state index contributed by atoms with van der Waals surface area (Å²) in [6.45, 7) is 0. The Morgan fingerprint density at radius 2 is 1.37 bits per heavy atom. The van der Waals surface area contributed by atoms with Gasteiger partial charge in [-0.3, -0.25) is 0 Å². The topological polar surface area (TPSA) is 40.2 Å². The van der Waals surface area contributed by atoms with Crippen molar-refractivity contribution < 1.29 is 18.9 Å². The smallest absolute Gasteiger partial charge is 0.203 e. The lowest BCUT2D eigenvalue weighted by atomic mass is 9.94. The fourth-order valence-electron chi connectivity index (χ4n) is 3.67. The molecular formula is C25H29NO4. The van der Waals surface area contributed by atoms with Crippen molar-refractivity contribution in [2.75, 3.05) is 42.5 Å². The molecule has 0 aliphatic rings. The van der Waals surface area contributed by atoms with E-state index in [1.165, 1.54) is 10.9 Å². The predicted octanol–water partition coefficient (Wildman–Crippen LogP) is 5.02. The highest BCUT2D eigenvalue weighted by Crippen LogP contribution is 2.41. The van der Waals surface area contributed by atoms with Gasteiger partial charge in [0.15, 0.2) is 11.5 Å². The lowest BCUT2D eigenvalue weighted by Crippen LogP contribution is -2.05. The molecule has 3 aromatic carbocycles. The molecule has 0 spiro atoms. The molecule has 0 aliphatic carbocycles. The third-order valence-corrected chi connectivity index (χ3v) is 5.02. The number of benzene rings is 3.